The normalized spacial score (nSPS) is 13.4. The van der Waals surface area contributed by atoms with Crippen molar-refractivity contribution in [3.05, 3.63) is 28.8 Å². The first-order valence-corrected chi connectivity index (χ1v) is 7.63. The Balaban J connectivity index is 0.000000847. The summed E-state index contributed by atoms with van der Waals surface area (Å²) < 4.78 is 5.46. The second-order valence-corrected chi connectivity index (χ2v) is 5.22. The summed E-state index contributed by atoms with van der Waals surface area (Å²) in [7, 11) is 1.55. The first-order chi connectivity index (χ1) is 10.5. The molecule has 1 aliphatic carbocycles. The van der Waals surface area contributed by atoms with E-state index in [-0.39, 0.29) is 17.3 Å². The summed E-state index contributed by atoms with van der Waals surface area (Å²) >= 11 is 0. The molecule has 2 N–H and O–H groups in total. The maximum atomic E-state index is 12.1. The molecule has 0 atom stereocenters. The van der Waals surface area contributed by atoms with Crippen LogP contribution in [0.25, 0.3) is 10.8 Å². The predicted octanol–water partition coefficient (Wildman–Crippen LogP) is 4.11. The molecule has 0 bridgehead atoms. The van der Waals surface area contributed by atoms with Gasteiger partial charge in [-0.15, -0.1) is 0 Å². The SMILES string of the molecule is CC.COc1c2c(c(O)c3c(O)cc(C)cc13)C(=O)CCC2. The predicted molar refractivity (Wildman–Crippen MR) is 87.2 cm³/mol. The molecule has 0 aromatic heterocycles. The first-order valence-electron chi connectivity index (χ1n) is 7.63. The minimum absolute atomic E-state index is 0.0306. The van der Waals surface area contributed by atoms with E-state index in [1.54, 1.807) is 13.2 Å². The van der Waals surface area contributed by atoms with E-state index < -0.39 is 0 Å². The van der Waals surface area contributed by atoms with E-state index in [2.05, 4.69) is 0 Å². The second kappa shape index (κ2) is 6.26. The number of carbonyl (C=O) groups excluding carboxylic acids is 1. The smallest absolute Gasteiger partial charge is 0.167 e. The molecule has 0 saturated carbocycles. The van der Waals surface area contributed by atoms with Gasteiger partial charge in [-0.3, -0.25) is 4.79 Å². The molecular weight excluding hydrogens is 280 g/mol. The van der Waals surface area contributed by atoms with Crippen molar-refractivity contribution in [2.45, 2.75) is 40.0 Å². The van der Waals surface area contributed by atoms with Crippen LogP contribution in [0.4, 0.5) is 0 Å². The van der Waals surface area contributed by atoms with Crippen LogP contribution in [0.2, 0.25) is 0 Å². The summed E-state index contributed by atoms with van der Waals surface area (Å²) in [5.74, 6) is 0.332. The monoisotopic (exact) mass is 302 g/mol. The van der Waals surface area contributed by atoms with Crippen LogP contribution >= 0.6 is 0 Å². The Bertz CT molecular complexity index is 732. The molecule has 0 fully saturated rings. The highest BCUT2D eigenvalue weighted by molar-refractivity contribution is 6.11. The summed E-state index contributed by atoms with van der Waals surface area (Å²) in [5, 5.41) is 21.5. The third kappa shape index (κ3) is 2.39. The van der Waals surface area contributed by atoms with E-state index in [1.165, 1.54) is 0 Å². The van der Waals surface area contributed by atoms with Crippen LogP contribution in [0.15, 0.2) is 12.1 Å². The maximum Gasteiger partial charge on any atom is 0.167 e. The Kier molecular flexibility index (Phi) is 4.59. The summed E-state index contributed by atoms with van der Waals surface area (Å²) in [4.78, 5) is 12.1. The number of phenolic OH excluding ortho intramolecular Hbond substituents is 2. The van der Waals surface area contributed by atoms with E-state index in [0.717, 1.165) is 17.5 Å². The number of methoxy groups -OCH3 is 1. The number of aromatic hydroxyl groups is 2. The van der Waals surface area contributed by atoms with Crippen LogP contribution in [-0.4, -0.2) is 23.1 Å². The van der Waals surface area contributed by atoms with Crippen molar-refractivity contribution < 1.29 is 19.7 Å². The van der Waals surface area contributed by atoms with E-state index in [0.29, 0.717) is 34.9 Å². The first kappa shape index (κ1) is 16.1. The van der Waals surface area contributed by atoms with Crippen LogP contribution in [0.1, 0.15) is 48.2 Å². The topological polar surface area (TPSA) is 66.8 Å². The van der Waals surface area contributed by atoms with Crippen LogP contribution in [0, 0.1) is 6.92 Å². The molecule has 4 nitrogen and oxygen atoms in total. The van der Waals surface area contributed by atoms with Gasteiger partial charge in [-0.2, -0.15) is 0 Å². The molecule has 2 aromatic carbocycles. The molecule has 0 saturated heterocycles. The van der Waals surface area contributed by atoms with E-state index >= 15 is 0 Å². The van der Waals surface area contributed by atoms with Crippen LogP contribution in [0.5, 0.6) is 17.2 Å². The van der Waals surface area contributed by atoms with Gasteiger partial charge < -0.3 is 14.9 Å². The Morgan fingerprint density at radius 2 is 1.82 bits per heavy atom. The number of hydrogen-bond acceptors (Lipinski definition) is 4. The zero-order valence-electron chi connectivity index (χ0n) is 13.5. The molecule has 0 amide bonds. The van der Waals surface area contributed by atoms with Crippen molar-refractivity contribution in [1.29, 1.82) is 0 Å². The summed E-state index contributed by atoms with van der Waals surface area (Å²) in [6.45, 7) is 5.86. The average molecular weight is 302 g/mol. The minimum atomic E-state index is -0.127. The lowest BCUT2D eigenvalue weighted by atomic mass is 9.86. The van der Waals surface area contributed by atoms with Gasteiger partial charge in [-0.25, -0.2) is 0 Å². The fourth-order valence-corrected chi connectivity index (χ4v) is 3.06. The molecule has 4 heteroatoms. The van der Waals surface area contributed by atoms with Gasteiger partial charge in [0.25, 0.3) is 0 Å². The van der Waals surface area contributed by atoms with Crippen molar-refractivity contribution in [3.8, 4) is 17.2 Å². The highest BCUT2D eigenvalue weighted by Gasteiger charge is 2.28. The molecule has 118 valence electrons. The lowest BCUT2D eigenvalue weighted by Crippen LogP contribution is -2.13. The Labute approximate surface area is 130 Å². The minimum Gasteiger partial charge on any atom is -0.507 e. The summed E-state index contributed by atoms with van der Waals surface area (Å²) in [6, 6.07) is 3.42. The van der Waals surface area contributed by atoms with Gasteiger partial charge in [0.1, 0.15) is 17.2 Å². The number of ether oxygens (including phenoxy) is 1. The highest BCUT2D eigenvalue weighted by atomic mass is 16.5. The standard InChI is InChI=1S/C16H16O4.C2H6/c1-8-6-10-14(12(18)7-8)15(19)13-9(16(10)20-2)4-3-5-11(13)17;1-2/h6-7,18-19H,3-5H2,1-2H3;1-2H3. The van der Waals surface area contributed by atoms with E-state index in [9.17, 15) is 15.0 Å². The number of benzene rings is 2. The molecular formula is C18H22O4. The molecule has 0 heterocycles. The van der Waals surface area contributed by atoms with Crippen LogP contribution in [-0.2, 0) is 6.42 Å². The van der Waals surface area contributed by atoms with Gasteiger partial charge in [0.2, 0.25) is 0 Å². The van der Waals surface area contributed by atoms with E-state index in [1.807, 2.05) is 26.8 Å². The molecule has 0 unspecified atom stereocenters. The third-order valence-corrected chi connectivity index (χ3v) is 3.87. The highest BCUT2D eigenvalue weighted by Crippen LogP contribution is 2.46. The van der Waals surface area contributed by atoms with Gasteiger partial charge in [0.05, 0.1) is 18.1 Å². The summed E-state index contributed by atoms with van der Waals surface area (Å²) in [5.41, 5.74) is 1.92. The zero-order valence-corrected chi connectivity index (χ0v) is 13.5. The van der Waals surface area contributed by atoms with E-state index in [4.69, 9.17) is 4.74 Å². The molecule has 2 aromatic rings. The largest absolute Gasteiger partial charge is 0.507 e. The van der Waals surface area contributed by atoms with Gasteiger partial charge in [-0.05, 0) is 37.5 Å². The maximum absolute atomic E-state index is 12.1. The van der Waals surface area contributed by atoms with Crippen molar-refractivity contribution in [2.24, 2.45) is 0 Å². The van der Waals surface area contributed by atoms with Crippen LogP contribution < -0.4 is 4.74 Å². The van der Waals surface area contributed by atoms with Gasteiger partial charge in [-0.1, -0.05) is 13.8 Å². The lowest BCUT2D eigenvalue weighted by Gasteiger charge is -2.22. The number of phenols is 2. The fraction of sp³-hybridized carbons (Fsp3) is 0.389. The van der Waals surface area contributed by atoms with Crippen molar-refractivity contribution in [2.75, 3.05) is 7.11 Å². The number of carbonyl (C=O) groups is 1. The Morgan fingerprint density at radius 1 is 1.14 bits per heavy atom. The number of hydrogen-bond donors (Lipinski definition) is 2. The lowest BCUT2D eigenvalue weighted by molar-refractivity contribution is 0.0969. The van der Waals surface area contributed by atoms with Crippen LogP contribution in [0.3, 0.4) is 0 Å². The molecule has 3 rings (SSSR count). The van der Waals surface area contributed by atoms with Crippen molar-refractivity contribution in [1.82, 2.24) is 0 Å². The zero-order chi connectivity index (χ0) is 16.4. The number of Topliss-reactive ketones (excluding diaryl/α,β-unsaturated/α-hetero) is 1. The fourth-order valence-electron chi connectivity index (χ4n) is 3.06. The quantitative estimate of drug-likeness (QED) is 0.831. The average Bonchev–Trinajstić information content (AvgIpc) is 2.49. The van der Waals surface area contributed by atoms with Gasteiger partial charge in [0, 0.05) is 17.4 Å². The summed E-state index contributed by atoms with van der Waals surface area (Å²) in [6.07, 6.45) is 1.87. The third-order valence-electron chi connectivity index (χ3n) is 3.87. The van der Waals surface area contributed by atoms with Crippen molar-refractivity contribution >= 4 is 16.6 Å². The molecule has 1 aliphatic rings. The molecule has 0 aliphatic heterocycles. The molecule has 0 radical (unpaired) electrons. The van der Waals surface area contributed by atoms with Gasteiger partial charge in [0.15, 0.2) is 5.78 Å². The number of rotatable bonds is 1. The number of aryl methyl sites for hydroxylation is 1. The second-order valence-electron chi connectivity index (χ2n) is 5.22. The van der Waals surface area contributed by atoms with Crippen molar-refractivity contribution in [3.63, 3.8) is 0 Å². The number of ketones is 1. The Hall–Kier alpha value is -2.23. The van der Waals surface area contributed by atoms with Gasteiger partial charge >= 0.3 is 0 Å². The molecule has 22 heavy (non-hydrogen) atoms. The Morgan fingerprint density at radius 3 is 2.45 bits per heavy atom. The number of fused-ring (bicyclic) bond motifs is 2. The molecule has 0 spiro atoms.